The van der Waals surface area contributed by atoms with Gasteiger partial charge in [-0.25, -0.2) is 4.98 Å². The Morgan fingerprint density at radius 2 is 2.36 bits per heavy atom. The summed E-state index contributed by atoms with van der Waals surface area (Å²) in [6.45, 7) is 1.39. The number of benzene rings is 1. The molecule has 1 aliphatic heterocycles. The summed E-state index contributed by atoms with van der Waals surface area (Å²) in [6, 6.07) is 5.28. The van der Waals surface area contributed by atoms with Crippen molar-refractivity contribution in [1.29, 1.82) is 0 Å². The standard InChI is InChI=1S/C15H17N3O3S/c1-16-14(19)7-11-8-21-5-4-18(11)15(20)10-2-3-12-13(6-10)22-9-17-12/h2-3,6,9,11H,4-5,7-8H2,1H3,(H,16,19). The van der Waals surface area contributed by atoms with Gasteiger partial charge in [-0.05, 0) is 18.2 Å². The van der Waals surface area contributed by atoms with Gasteiger partial charge in [0.2, 0.25) is 5.91 Å². The Morgan fingerprint density at radius 3 is 3.18 bits per heavy atom. The number of nitrogens with one attached hydrogen (secondary N) is 1. The fourth-order valence-electron chi connectivity index (χ4n) is 2.56. The van der Waals surface area contributed by atoms with Gasteiger partial charge in [0.25, 0.3) is 5.91 Å². The van der Waals surface area contributed by atoms with Crippen LogP contribution in [0.2, 0.25) is 0 Å². The number of rotatable bonds is 3. The van der Waals surface area contributed by atoms with Crippen molar-refractivity contribution in [2.75, 3.05) is 26.8 Å². The fourth-order valence-corrected chi connectivity index (χ4v) is 3.28. The Kier molecular flexibility index (Phi) is 4.35. The summed E-state index contributed by atoms with van der Waals surface area (Å²) in [6.07, 6.45) is 0.255. The smallest absolute Gasteiger partial charge is 0.254 e. The number of morpholine rings is 1. The third-order valence-corrected chi connectivity index (χ3v) is 4.56. The van der Waals surface area contributed by atoms with E-state index < -0.39 is 0 Å². The second kappa shape index (κ2) is 6.41. The average Bonchev–Trinajstić information content (AvgIpc) is 3.02. The molecule has 0 aliphatic carbocycles. The summed E-state index contributed by atoms with van der Waals surface area (Å²) < 4.78 is 6.41. The van der Waals surface area contributed by atoms with Gasteiger partial charge in [0, 0.05) is 25.6 Å². The minimum absolute atomic E-state index is 0.0625. The number of aromatic nitrogens is 1. The zero-order valence-electron chi connectivity index (χ0n) is 12.2. The molecule has 6 nitrogen and oxygen atoms in total. The molecule has 1 N–H and O–H groups in total. The Morgan fingerprint density at radius 1 is 1.50 bits per heavy atom. The van der Waals surface area contributed by atoms with Gasteiger partial charge in [-0.2, -0.15) is 0 Å². The highest BCUT2D eigenvalue weighted by atomic mass is 32.1. The predicted molar refractivity (Wildman–Crippen MR) is 83.9 cm³/mol. The molecule has 1 aromatic heterocycles. The van der Waals surface area contributed by atoms with E-state index in [2.05, 4.69) is 10.3 Å². The molecule has 2 aromatic rings. The molecular weight excluding hydrogens is 302 g/mol. The molecule has 1 atom stereocenters. The van der Waals surface area contributed by atoms with Crippen molar-refractivity contribution in [2.24, 2.45) is 0 Å². The number of carbonyl (C=O) groups excluding carboxylic acids is 2. The van der Waals surface area contributed by atoms with E-state index in [1.54, 1.807) is 23.5 Å². The van der Waals surface area contributed by atoms with Crippen LogP contribution in [-0.4, -0.2) is 54.5 Å². The van der Waals surface area contributed by atoms with Gasteiger partial charge in [-0.3, -0.25) is 9.59 Å². The van der Waals surface area contributed by atoms with Crippen LogP contribution in [-0.2, 0) is 9.53 Å². The first-order valence-corrected chi connectivity index (χ1v) is 7.99. The van der Waals surface area contributed by atoms with Crippen LogP contribution in [0.5, 0.6) is 0 Å². The lowest BCUT2D eigenvalue weighted by Gasteiger charge is -2.35. The highest BCUT2D eigenvalue weighted by Gasteiger charge is 2.29. The Bertz CT molecular complexity index is 700. The molecule has 7 heteroatoms. The van der Waals surface area contributed by atoms with E-state index in [1.807, 2.05) is 12.1 Å². The van der Waals surface area contributed by atoms with Crippen molar-refractivity contribution in [3.63, 3.8) is 0 Å². The van der Waals surface area contributed by atoms with E-state index in [-0.39, 0.29) is 24.3 Å². The molecule has 3 rings (SSSR count). The lowest BCUT2D eigenvalue weighted by Crippen LogP contribution is -2.50. The molecular formula is C15H17N3O3S. The maximum Gasteiger partial charge on any atom is 0.254 e. The molecule has 0 saturated carbocycles. The van der Waals surface area contributed by atoms with Crippen LogP contribution in [0.3, 0.4) is 0 Å². The molecule has 0 bridgehead atoms. The molecule has 1 fully saturated rings. The molecule has 1 unspecified atom stereocenters. The van der Waals surface area contributed by atoms with Gasteiger partial charge < -0.3 is 15.0 Å². The van der Waals surface area contributed by atoms with Crippen molar-refractivity contribution in [2.45, 2.75) is 12.5 Å². The van der Waals surface area contributed by atoms with E-state index >= 15 is 0 Å². The molecule has 0 radical (unpaired) electrons. The fraction of sp³-hybridized carbons (Fsp3) is 0.400. The second-order valence-electron chi connectivity index (χ2n) is 5.14. The lowest BCUT2D eigenvalue weighted by molar-refractivity contribution is -0.123. The first-order valence-electron chi connectivity index (χ1n) is 7.11. The van der Waals surface area contributed by atoms with Gasteiger partial charge in [0.05, 0.1) is 35.0 Å². The first-order chi connectivity index (χ1) is 10.7. The van der Waals surface area contributed by atoms with Crippen molar-refractivity contribution >= 4 is 33.4 Å². The summed E-state index contributed by atoms with van der Waals surface area (Å²) in [4.78, 5) is 30.3. The van der Waals surface area contributed by atoms with E-state index in [0.717, 1.165) is 10.2 Å². The largest absolute Gasteiger partial charge is 0.377 e. The predicted octanol–water partition coefficient (Wildman–Crippen LogP) is 1.27. The van der Waals surface area contributed by atoms with Gasteiger partial charge >= 0.3 is 0 Å². The molecule has 0 spiro atoms. The highest BCUT2D eigenvalue weighted by molar-refractivity contribution is 7.16. The van der Waals surface area contributed by atoms with E-state index in [0.29, 0.717) is 25.3 Å². The quantitative estimate of drug-likeness (QED) is 0.925. The lowest BCUT2D eigenvalue weighted by atomic mass is 10.1. The monoisotopic (exact) mass is 319 g/mol. The number of carbonyl (C=O) groups is 2. The Hall–Kier alpha value is -1.99. The molecule has 2 heterocycles. The van der Waals surface area contributed by atoms with Crippen LogP contribution in [0.4, 0.5) is 0 Å². The third-order valence-electron chi connectivity index (χ3n) is 3.77. The molecule has 1 aromatic carbocycles. The van der Waals surface area contributed by atoms with Crippen LogP contribution >= 0.6 is 11.3 Å². The molecule has 1 aliphatic rings. The SMILES string of the molecule is CNC(=O)CC1COCCN1C(=O)c1ccc2ncsc2c1. The van der Waals surface area contributed by atoms with Gasteiger partial charge in [0.15, 0.2) is 0 Å². The summed E-state index contributed by atoms with van der Waals surface area (Å²) in [7, 11) is 1.59. The Labute approximate surface area is 132 Å². The topological polar surface area (TPSA) is 71.5 Å². The highest BCUT2D eigenvalue weighted by Crippen LogP contribution is 2.21. The minimum atomic E-state index is -0.224. The number of hydrogen-bond donors (Lipinski definition) is 1. The zero-order chi connectivity index (χ0) is 15.5. The van der Waals surface area contributed by atoms with E-state index in [4.69, 9.17) is 4.74 Å². The van der Waals surface area contributed by atoms with Crippen LogP contribution in [0.1, 0.15) is 16.8 Å². The zero-order valence-corrected chi connectivity index (χ0v) is 13.1. The van der Waals surface area contributed by atoms with Crippen molar-refractivity contribution < 1.29 is 14.3 Å². The molecule has 1 saturated heterocycles. The van der Waals surface area contributed by atoms with Crippen LogP contribution in [0, 0.1) is 0 Å². The summed E-state index contributed by atoms with van der Waals surface area (Å²) in [5, 5.41) is 2.59. The van der Waals surface area contributed by atoms with E-state index in [9.17, 15) is 9.59 Å². The number of hydrogen-bond acceptors (Lipinski definition) is 5. The van der Waals surface area contributed by atoms with Gasteiger partial charge in [0.1, 0.15) is 0 Å². The van der Waals surface area contributed by atoms with Crippen LogP contribution in [0.15, 0.2) is 23.7 Å². The Balaban J connectivity index is 1.82. The number of amides is 2. The number of thiazole rings is 1. The molecule has 2 amide bonds. The first kappa shape index (κ1) is 14.9. The number of nitrogens with zero attached hydrogens (tertiary/aromatic N) is 2. The second-order valence-corrected chi connectivity index (χ2v) is 6.03. The van der Waals surface area contributed by atoms with Crippen LogP contribution < -0.4 is 5.32 Å². The molecule has 116 valence electrons. The summed E-state index contributed by atoms with van der Waals surface area (Å²) in [5.74, 6) is -0.154. The number of fused-ring (bicyclic) bond motifs is 1. The summed E-state index contributed by atoms with van der Waals surface area (Å²) in [5.41, 5.74) is 3.29. The van der Waals surface area contributed by atoms with Gasteiger partial charge in [-0.1, -0.05) is 0 Å². The number of ether oxygens (including phenoxy) is 1. The summed E-state index contributed by atoms with van der Waals surface area (Å²) >= 11 is 1.51. The van der Waals surface area contributed by atoms with E-state index in [1.165, 1.54) is 11.3 Å². The third kappa shape index (κ3) is 2.95. The average molecular weight is 319 g/mol. The normalized spacial score (nSPS) is 18.4. The molecule has 22 heavy (non-hydrogen) atoms. The van der Waals surface area contributed by atoms with Crippen LogP contribution in [0.25, 0.3) is 10.2 Å². The van der Waals surface area contributed by atoms with Crippen molar-refractivity contribution in [1.82, 2.24) is 15.2 Å². The maximum atomic E-state index is 12.8. The van der Waals surface area contributed by atoms with Crippen molar-refractivity contribution in [3.05, 3.63) is 29.3 Å². The minimum Gasteiger partial charge on any atom is -0.377 e. The maximum absolute atomic E-state index is 12.8. The van der Waals surface area contributed by atoms with Gasteiger partial charge in [-0.15, -0.1) is 11.3 Å². The van der Waals surface area contributed by atoms with Crippen molar-refractivity contribution in [3.8, 4) is 0 Å².